The lowest BCUT2D eigenvalue weighted by Gasteiger charge is -2.09. The average Bonchev–Trinajstić information content (AvgIpc) is 2.86. The topological polar surface area (TPSA) is 43.1 Å². The minimum atomic E-state index is -0.299. The van der Waals surface area contributed by atoms with Crippen molar-refractivity contribution in [3.8, 4) is 11.4 Å². The quantitative estimate of drug-likeness (QED) is 0.828. The van der Waals surface area contributed by atoms with Gasteiger partial charge in [0.25, 0.3) is 0 Å². The van der Waals surface area contributed by atoms with Crippen LogP contribution in [0.1, 0.15) is 12.0 Å². The number of allylic oxidation sites excluding steroid dienone is 1. The number of rotatable bonds is 2. The van der Waals surface area contributed by atoms with Crippen molar-refractivity contribution in [3.05, 3.63) is 42.0 Å². The van der Waals surface area contributed by atoms with E-state index < -0.39 is 0 Å². The van der Waals surface area contributed by atoms with Gasteiger partial charge >= 0.3 is 0 Å². The van der Waals surface area contributed by atoms with Gasteiger partial charge in [-0.15, -0.1) is 0 Å². The maximum absolute atomic E-state index is 14.1. The van der Waals surface area contributed by atoms with Crippen molar-refractivity contribution in [1.29, 1.82) is 0 Å². The molecule has 4 nitrogen and oxygen atoms in total. The molecule has 0 saturated heterocycles. The van der Waals surface area contributed by atoms with Gasteiger partial charge < -0.3 is 0 Å². The average molecular weight is 256 g/mol. The number of hydrogen-bond donors (Lipinski definition) is 0. The van der Waals surface area contributed by atoms with Gasteiger partial charge in [-0.1, -0.05) is 12.1 Å². The summed E-state index contributed by atoms with van der Waals surface area (Å²) in [4.78, 5) is 8.19. The highest BCUT2D eigenvalue weighted by Gasteiger charge is 2.12. The third-order valence-corrected chi connectivity index (χ3v) is 3.06. The molecule has 0 unspecified atom stereocenters. The van der Waals surface area contributed by atoms with Crippen LogP contribution in [-0.2, 0) is 7.05 Å². The van der Waals surface area contributed by atoms with E-state index in [-0.39, 0.29) is 5.82 Å². The van der Waals surface area contributed by atoms with Crippen LogP contribution in [0.15, 0.2) is 35.6 Å². The maximum atomic E-state index is 14.1. The van der Waals surface area contributed by atoms with Gasteiger partial charge in [-0.2, -0.15) is 5.10 Å². The van der Waals surface area contributed by atoms with Crippen LogP contribution in [-0.4, -0.2) is 27.5 Å². The van der Waals surface area contributed by atoms with Crippen LogP contribution < -0.4 is 0 Å². The van der Waals surface area contributed by atoms with E-state index in [1.807, 2.05) is 18.4 Å². The molecule has 0 saturated carbocycles. The van der Waals surface area contributed by atoms with E-state index in [4.69, 9.17) is 0 Å². The first kappa shape index (κ1) is 11.8. The lowest BCUT2D eigenvalue weighted by Crippen LogP contribution is -1.96. The number of nitrogens with zero attached hydrogens (tertiary/aromatic N) is 4. The van der Waals surface area contributed by atoms with Crippen LogP contribution in [0.4, 0.5) is 4.39 Å². The molecule has 96 valence electrons. The maximum Gasteiger partial charge on any atom is 0.184 e. The number of hydrogen-bond acceptors (Lipinski definition) is 3. The van der Waals surface area contributed by atoms with Gasteiger partial charge in [-0.25, -0.2) is 9.37 Å². The minimum Gasteiger partial charge on any atom is -0.293 e. The van der Waals surface area contributed by atoms with Crippen molar-refractivity contribution in [2.24, 2.45) is 12.0 Å². The molecule has 2 heterocycles. The van der Waals surface area contributed by atoms with Crippen LogP contribution in [0.25, 0.3) is 17.0 Å². The molecule has 1 aromatic heterocycles. The fourth-order valence-corrected chi connectivity index (χ4v) is 2.08. The molecule has 0 N–H and O–H groups in total. The summed E-state index contributed by atoms with van der Waals surface area (Å²) in [5.74, 6) is 0.109. The SMILES string of the molecule is Cn1cnc(-c2ccc(C3=CCN=CC3)cc2F)n1. The van der Waals surface area contributed by atoms with Crippen molar-refractivity contribution in [2.75, 3.05) is 6.54 Å². The molecule has 19 heavy (non-hydrogen) atoms. The molecule has 0 aliphatic carbocycles. The van der Waals surface area contributed by atoms with E-state index in [0.717, 1.165) is 17.6 Å². The Morgan fingerprint density at radius 3 is 2.84 bits per heavy atom. The molecule has 0 bridgehead atoms. The molecule has 2 aromatic rings. The summed E-state index contributed by atoms with van der Waals surface area (Å²) in [5, 5.41) is 4.11. The van der Waals surface area contributed by atoms with Crippen molar-refractivity contribution < 1.29 is 4.39 Å². The van der Waals surface area contributed by atoms with E-state index >= 15 is 0 Å². The normalized spacial score (nSPS) is 14.5. The third-order valence-electron chi connectivity index (χ3n) is 3.06. The molecular weight excluding hydrogens is 243 g/mol. The highest BCUT2D eigenvalue weighted by Crippen LogP contribution is 2.25. The van der Waals surface area contributed by atoms with Crippen LogP contribution in [0, 0.1) is 5.82 Å². The lowest BCUT2D eigenvalue weighted by molar-refractivity contribution is 0.629. The number of benzene rings is 1. The first-order valence-corrected chi connectivity index (χ1v) is 6.07. The van der Waals surface area contributed by atoms with E-state index in [1.165, 1.54) is 6.07 Å². The van der Waals surface area contributed by atoms with Gasteiger partial charge in [0.15, 0.2) is 5.82 Å². The Bertz CT molecular complexity index is 670. The highest BCUT2D eigenvalue weighted by atomic mass is 19.1. The molecule has 1 aromatic carbocycles. The van der Waals surface area contributed by atoms with Crippen LogP contribution in [0.3, 0.4) is 0 Å². The van der Waals surface area contributed by atoms with E-state index in [2.05, 4.69) is 15.1 Å². The zero-order valence-electron chi connectivity index (χ0n) is 10.5. The van der Waals surface area contributed by atoms with Crippen molar-refractivity contribution in [2.45, 2.75) is 6.42 Å². The molecule has 1 aliphatic heterocycles. The number of aromatic nitrogens is 3. The molecule has 0 amide bonds. The third kappa shape index (κ3) is 2.31. The first-order chi connectivity index (χ1) is 9.24. The summed E-state index contributed by atoms with van der Waals surface area (Å²) in [6, 6.07) is 5.17. The molecule has 5 heteroatoms. The molecule has 0 atom stereocenters. The van der Waals surface area contributed by atoms with Gasteiger partial charge in [0.05, 0.1) is 12.1 Å². The van der Waals surface area contributed by atoms with E-state index in [0.29, 0.717) is 17.9 Å². The zero-order chi connectivity index (χ0) is 13.2. The van der Waals surface area contributed by atoms with E-state index in [9.17, 15) is 4.39 Å². The van der Waals surface area contributed by atoms with Gasteiger partial charge in [0.2, 0.25) is 0 Å². The highest BCUT2D eigenvalue weighted by molar-refractivity contribution is 5.82. The Balaban J connectivity index is 1.96. The number of halogens is 1. The number of aliphatic imine (C=N–C) groups is 1. The second-order valence-corrected chi connectivity index (χ2v) is 4.42. The largest absolute Gasteiger partial charge is 0.293 e. The summed E-state index contributed by atoms with van der Waals surface area (Å²) >= 11 is 0. The molecule has 3 rings (SSSR count). The van der Waals surface area contributed by atoms with Crippen molar-refractivity contribution >= 4 is 11.8 Å². The Hall–Kier alpha value is -2.30. The summed E-state index contributed by atoms with van der Waals surface area (Å²) in [6.07, 6.45) is 6.19. The zero-order valence-corrected chi connectivity index (χ0v) is 10.5. The minimum absolute atomic E-state index is 0.299. The Kier molecular flexibility index (Phi) is 2.95. The van der Waals surface area contributed by atoms with Gasteiger partial charge in [-0.3, -0.25) is 9.67 Å². The van der Waals surface area contributed by atoms with Crippen molar-refractivity contribution in [3.63, 3.8) is 0 Å². The standard InChI is InChI=1S/C14H13FN4/c1-19-9-17-14(18-19)12-3-2-11(8-13(12)15)10-4-6-16-7-5-10/h2-4,7-9H,5-6H2,1H3. The monoisotopic (exact) mass is 256 g/mol. The smallest absolute Gasteiger partial charge is 0.184 e. The lowest BCUT2D eigenvalue weighted by atomic mass is 9.99. The molecule has 0 spiro atoms. The van der Waals surface area contributed by atoms with E-state index in [1.54, 1.807) is 24.1 Å². The molecule has 0 fully saturated rings. The molecule has 0 radical (unpaired) electrons. The Labute approximate surface area is 110 Å². The van der Waals surface area contributed by atoms with Crippen LogP contribution in [0.5, 0.6) is 0 Å². The van der Waals surface area contributed by atoms with Crippen LogP contribution >= 0.6 is 0 Å². The number of aryl methyl sites for hydroxylation is 1. The predicted molar refractivity (Wildman–Crippen MR) is 72.4 cm³/mol. The molecular formula is C14H13FN4. The predicted octanol–water partition coefficient (Wildman–Crippen LogP) is 2.48. The first-order valence-electron chi connectivity index (χ1n) is 6.07. The second-order valence-electron chi connectivity index (χ2n) is 4.42. The summed E-state index contributed by atoms with van der Waals surface area (Å²) in [6.45, 7) is 0.667. The van der Waals surface area contributed by atoms with Gasteiger partial charge in [-0.05, 0) is 23.3 Å². The summed E-state index contributed by atoms with van der Waals surface area (Å²) in [7, 11) is 1.76. The Morgan fingerprint density at radius 1 is 1.32 bits per heavy atom. The van der Waals surface area contributed by atoms with Crippen molar-refractivity contribution in [1.82, 2.24) is 14.8 Å². The summed E-state index contributed by atoms with van der Waals surface area (Å²) in [5.41, 5.74) is 2.42. The fourth-order valence-electron chi connectivity index (χ4n) is 2.08. The Morgan fingerprint density at radius 2 is 2.21 bits per heavy atom. The second kappa shape index (κ2) is 4.76. The van der Waals surface area contributed by atoms with Gasteiger partial charge in [0.1, 0.15) is 12.1 Å². The number of dihydropyridines is 1. The molecule has 1 aliphatic rings. The van der Waals surface area contributed by atoms with Crippen LogP contribution in [0.2, 0.25) is 0 Å². The fraction of sp³-hybridized carbons (Fsp3) is 0.214. The van der Waals surface area contributed by atoms with Gasteiger partial charge in [0, 0.05) is 19.7 Å². The summed E-state index contributed by atoms with van der Waals surface area (Å²) < 4.78 is 15.7.